The van der Waals surface area contributed by atoms with Gasteiger partial charge in [-0.2, -0.15) is 0 Å². The van der Waals surface area contributed by atoms with Crippen molar-refractivity contribution in [2.45, 2.75) is 6.54 Å². The predicted octanol–water partition coefficient (Wildman–Crippen LogP) is 4.52. The third-order valence-corrected chi connectivity index (χ3v) is 3.60. The van der Waals surface area contributed by atoms with Gasteiger partial charge in [-0.15, -0.1) is 0 Å². The first kappa shape index (κ1) is 15.8. The zero-order valence-electron chi connectivity index (χ0n) is 11.1. The van der Waals surface area contributed by atoms with E-state index in [1.165, 1.54) is 6.07 Å². The number of ether oxygens (including phenoxy) is 1. The summed E-state index contributed by atoms with van der Waals surface area (Å²) >= 11 is 9.25. The molecule has 0 unspecified atom stereocenters. The maximum absolute atomic E-state index is 11.1. The average molecular weight is 372 g/mol. The lowest BCUT2D eigenvalue weighted by atomic mass is 10.2. The molecule has 21 heavy (non-hydrogen) atoms. The van der Waals surface area contributed by atoms with Crippen molar-refractivity contribution >= 4 is 33.2 Å². The van der Waals surface area contributed by atoms with Crippen molar-refractivity contribution < 1.29 is 9.66 Å². The van der Waals surface area contributed by atoms with Crippen LogP contribution in [0.2, 0.25) is 5.02 Å². The second kappa shape index (κ2) is 6.89. The van der Waals surface area contributed by atoms with Crippen LogP contribution in [0.25, 0.3) is 0 Å². The molecule has 0 aliphatic rings. The standard InChI is InChI=1S/C14H12BrClN2O3/c1-17-8-9-7-10(16)5-6-13(9)21-14-11(15)3-2-4-12(14)18(19)20/h2-7,17H,8H2,1H3. The van der Waals surface area contributed by atoms with E-state index in [-0.39, 0.29) is 11.4 Å². The van der Waals surface area contributed by atoms with Gasteiger partial charge in [0.05, 0.1) is 9.40 Å². The third kappa shape index (κ3) is 3.72. The van der Waals surface area contributed by atoms with Gasteiger partial charge in [0, 0.05) is 23.2 Å². The SMILES string of the molecule is CNCc1cc(Cl)ccc1Oc1c(Br)cccc1[N+](=O)[O-]. The minimum Gasteiger partial charge on any atom is -0.449 e. The fraction of sp³-hybridized carbons (Fsp3) is 0.143. The van der Waals surface area contributed by atoms with E-state index in [1.807, 2.05) is 0 Å². The second-order valence-electron chi connectivity index (χ2n) is 4.23. The molecule has 0 saturated carbocycles. The van der Waals surface area contributed by atoms with Crippen molar-refractivity contribution in [3.05, 3.63) is 61.6 Å². The second-order valence-corrected chi connectivity index (χ2v) is 5.52. The number of rotatable bonds is 5. The van der Waals surface area contributed by atoms with Crippen LogP contribution in [0.4, 0.5) is 5.69 Å². The first-order valence-corrected chi connectivity index (χ1v) is 7.24. The van der Waals surface area contributed by atoms with Crippen molar-refractivity contribution in [1.29, 1.82) is 0 Å². The van der Waals surface area contributed by atoms with E-state index >= 15 is 0 Å². The van der Waals surface area contributed by atoms with Gasteiger partial charge in [-0.1, -0.05) is 17.7 Å². The summed E-state index contributed by atoms with van der Waals surface area (Å²) in [7, 11) is 1.80. The molecular formula is C14H12BrClN2O3. The Morgan fingerprint density at radius 1 is 1.38 bits per heavy atom. The van der Waals surface area contributed by atoms with Gasteiger partial charge in [0.25, 0.3) is 0 Å². The molecule has 0 bridgehead atoms. The predicted molar refractivity (Wildman–Crippen MR) is 85.1 cm³/mol. The maximum Gasteiger partial charge on any atom is 0.312 e. The van der Waals surface area contributed by atoms with Crippen molar-refractivity contribution in [3.8, 4) is 11.5 Å². The van der Waals surface area contributed by atoms with Crippen molar-refractivity contribution in [2.75, 3.05) is 7.05 Å². The number of hydrogen-bond donors (Lipinski definition) is 1. The summed E-state index contributed by atoms with van der Waals surface area (Å²) in [6, 6.07) is 9.81. The Bertz CT molecular complexity index is 679. The van der Waals surface area contributed by atoms with E-state index in [0.29, 0.717) is 21.8 Å². The molecule has 0 atom stereocenters. The Balaban J connectivity index is 2.45. The number of nitrogens with zero attached hydrogens (tertiary/aromatic N) is 1. The van der Waals surface area contributed by atoms with Gasteiger partial charge in [0.15, 0.2) is 0 Å². The highest BCUT2D eigenvalue weighted by Gasteiger charge is 2.19. The molecule has 0 aromatic heterocycles. The molecule has 0 saturated heterocycles. The van der Waals surface area contributed by atoms with Gasteiger partial charge in [-0.25, -0.2) is 0 Å². The largest absolute Gasteiger partial charge is 0.449 e. The zero-order chi connectivity index (χ0) is 15.4. The number of para-hydroxylation sites is 1. The van der Waals surface area contributed by atoms with Crippen LogP contribution in [0.1, 0.15) is 5.56 Å². The van der Waals surface area contributed by atoms with E-state index in [0.717, 1.165) is 5.56 Å². The van der Waals surface area contributed by atoms with Gasteiger partial charge in [0.2, 0.25) is 5.75 Å². The molecule has 2 aromatic carbocycles. The monoisotopic (exact) mass is 370 g/mol. The highest BCUT2D eigenvalue weighted by atomic mass is 79.9. The molecule has 0 spiro atoms. The van der Waals surface area contributed by atoms with Crippen LogP contribution in [0.5, 0.6) is 11.5 Å². The number of nitrogens with one attached hydrogen (secondary N) is 1. The molecule has 0 fully saturated rings. The summed E-state index contributed by atoms with van der Waals surface area (Å²) in [6.07, 6.45) is 0. The Hall–Kier alpha value is -1.63. The van der Waals surface area contributed by atoms with E-state index in [9.17, 15) is 10.1 Å². The summed E-state index contributed by atoms with van der Waals surface area (Å²) in [5.74, 6) is 0.686. The van der Waals surface area contributed by atoms with Crippen LogP contribution in [-0.4, -0.2) is 12.0 Å². The first-order valence-electron chi connectivity index (χ1n) is 6.06. The summed E-state index contributed by atoms with van der Waals surface area (Å²) in [5.41, 5.74) is 0.713. The molecule has 0 aliphatic carbocycles. The lowest BCUT2D eigenvalue weighted by molar-refractivity contribution is -0.385. The van der Waals surface area contributed by atoms with Crippen LogP contribution in [0.15, 0.2) is 40.9 Å². The Kier molecular flexibility index (Phi) is 5.17. The topological polar surface area (TPSA) is 64.4 Å². The number of benzene rings is 2. The summed E-state index contributed by atoms with van der Waals surface area (Å²) in [4.78, 5) is 10.6. The number of halogens is 2. The summed E-state index contributed by atoms with van der Waals surface area (Å²) in [5, 5.41) is 14.7. The number of nitro benzene ring substituents is 1. The molecule has 0 aliphatic heterocycles. The number of nitro groups is 1. The molecule has 7 heteroatoms. The smallest absolute Gasteiger partial charge is 0.312 e. The molecule has 1 N–H and O–H groups in total. The van der Waals surface area contributed by atoms with Crippen molar-refractivity contribution in [3.63, 3.8) is 0 Å². The third-order valence-electron chi connectivity index (χ3n) is 2.74. The summed E-state index contributed by atoms with van der Waals surface area (Å²) in [6.45, 7) is 0.536. The van der Waals surface area contributed by atoms with Crippen LogP contribution in [-0.2, 0) is 6.54 Å². The van der Waals surface area contributed by atoms with E-state index in [4.69, 9.17) is 16.3 Å². The van der Waals surface area contributed by atoms with Gasteiger partial charge in [-0.05, 0) is 47.2 Å². The molecule has 2 rings (SSSR count). The van der Waals surface area contributed by atoms with Gasteiger partial charge in [-0.3, -0.25) is 10.1 Å². The molecule has 0 heterocycles. The fourth-order valence-electron chi connectivity index (χ4n) is 1.83. The lowest BCUT2D eigenvalue weighted by Crippen LogP contribution is -2.06. The van der Waals surface area contributed by atoms with Crippen LogP contribution >= 0.6 is 27.5 Å². The van der Waals surface area contributed by atoms with Crippen LogP contribution < -0.4 is 10.1 Å². The van der Waals surface area contributed by atoms with E-state index in [1.54, 1.807) is 37.4 Å². The van der Waals surface area contributed by atoms with Crippen LogP contribution in [0, 0.1) is 10.1 Å². The normalized spacial score (nSPS) is 10.4. The molecular weight excluding hydrogens is 360 g/mol. The molecule has 0 radical (unpaired) electrons. The number of hydrogen-bond acceptors (Lipinski definition) is 4. The molecule has 0 amide bonds. The highest BCUT2D eigenvalue weighted by molar-refractivity contribution is 9.10. The van der Waals surface area contributed by atoms with Gasteiger partial charge >= 0.3 is 5.69 Å². The van der Waals surface area contributed by atoms with Gasteiger partial charge < -0.3 is 10.1 Å². The lowest BCUT2D eigenvalue weighted by Gasteiger charge is -2.12. The highest BCUT2D eigenvalue weighted by Crippen LogP contribution is 2.39. The fourth-order valence-corrected chi connectivity index (χ4v) is 2.46. The van der Waals surface area contributed by atoms with E-state index in [2.05, 4.69) is 21.2 Å². The minimum atomic E-state index is -0.478. The van der Waals surface area contributed by atoms with E-state index < -0.39 is 4.92 Å². The van der Waals surface area contributed by atoms with Gasteiger partial charge in [0.1, 0.15) is 5.75 Å². The molecule has 110 valence electrons. The average Bonchev–Trinajstić information content (AvgIpc) is 2.43. The van der Waals surface area contributed by atoms with Crippen molar-refractivity contribution in [2.24, 2.45) is 0 Å². The minimum absolute atomic E-state index is 0.102. The Morgan fingerprint density at radius 2 is 2.14 bits per heavy atom. The quantitative estimate of drug-likeness (QED) is 0.620. The van der Waals surface area contributed by atoms with Crippen LogP contribution in [0.3, 0.4) is 0 Å². The summed E-state index contributed by atoms with van der Waals surface area (Å²) < 4.78 is 6.27. The first-order chi connectivity index (χ1) is 10.0. The molecule has 2 aromatic rings. The Morgan fingerprint density at radius 3 is 2.81 bits per heavy atom. The molecule has 5 nitrogen and oxygen atoms in total. The zero-order valence-corrected chi connectivity index (χ0v) is 13.4. The van der Waals surface area contributed by atoms with Crippen molar-refractivity contribution in [1.82, 2.24) is 5.32 Å². The Labute approximate surface area is 135 Å². The maximum atomic E-state index is 11.1.